The second-order valence-corrected chi connectivity index (χ2v) is 7.52. The summed E-state index contributed by atoms with van der Waals surface area (Å²) in [6, 6.07) is 10.5. The van der Waals surface area contributed by atoms with E-state index in [1.165, 1.54) is 28.9 Å². The van der Waals surface area contributed by atoms with Gasteiger partial charge in [-0.2, -0.15) is 18.3 Å². The first-order chi connectivity index (χ1) is 15.1. The predicted octanol–water partition coefficient (Wildman–Crippen LogP) is 4.31. The van der Waals surface area contributed by atoms with Gasteiger partial charge in [0.1, 0.15) is 11.6 Å². The molecule has 0 aliphatic carbocycles. The molecule has 1 aliphatic heterocycles. The second-order valence-electron chi connectivity index (χ2n) is 7.52. The third-order valence-electron chi connectivity index (χ3n) is 5.00. The number of ether oxygens (including phenoxy) is 1. The number of alkyl halides is 3. The molecule has 0 radical (unpaired) electrons. The maximum Gasteiger partial charge on any atom is 0.391 e. The van der Waals surface area contributed by atoms with Crippen LogP contribution in [0.2, 0.25) is 0 Å². The molecule has 10 heteroatoms. The van der Waals surface area contributed by atoms with Crippen molar-refractivity contribution in [1.29, 1.82) is 0 Å². The molecule has 0 fully saturated rings. The number of hydrogen-bond acceptors (Lipinski definition) is 4. The van der Waals surface area contributed by atoms with Crippen molar-refractivity contribution in [3.8, 4) is 28.1 Å². The van der Waals surface area contributed by atoms with Gasteiger partial charge in [-0.05, 0) is 48.9 Å². The van der Waals surface area contributed by atoms with Crippen molar-refractivity contribution in [3.63, 3.8) is 0 Å². The van der Waals surface area contributed by atoms with Gasteiger partial charge >= 0.3 is 6.18 Å². The van der Waals surface area contributed by atoms with Gasteiger partial charge in [-0.3, -0.25) is 9.48 Å². The highest BCUT2D eigenvalue weighted by Gasteiger charge is 2.32. The number of aryl methyl sites for hydroxylation is 1. The Hall–Kier alpha value is -3.40. The van der Waals surface area contributed by atoms with Crippen molar-refractivity contribution < 1.29 is 32.2 Å². The van der Waals surface area contributed by atoms with Gasteiger partial charge in [-0.15, -0.1) is 0 Å². The zero-order chi connectivity index (χ0) is 23.0. The van der Waals surface area contributed by atoms with E-state index >= 15 is 0 Å². The van der Waals surface area contributed by atoms with Crippen LogP contribution in [0.4, 0.5) is 23.2 Å². The van der Waals surface area contributed by atoms with Crippen molar-refractivity contribution >= 4 is 11.6 Å². The normalized spacial score (nSPS) is 14.5. The number of rotatable bonds is 5. The van der Waals surface area contributed by atoms with Crippen LogP contribution < -0.4 is 10.1 Å². The van der Waals surface area contributed by atoms with Crippen LogP contribution in [0.5, 0.6) is 5.75 Å². The number of aliphatic hydroxyl groups is 1. The summed E-state index contributed by atoms with van der Waals surface area (Å²) >= 11 is 0. The molecule has 3 aromatic rings. The number of amides is 1. The summed E-state index contributed by atoms with van der Waals surface area (Å²) in [4.78, 5) is 11.7. The number of benzene rings is 2. The number of hydrogen-bond donors (Lipinski definition) is 2. The van der Waals surface area contributed by atoms with Crippen LogP contribution in [0.3, 0.4) is 0 Å². The fraction of sp³-hybridized carbons (Fsp3) is 0.273. The van der Waals surface area contributed by atoms with Gasteiger partial charge in [-0.1, -0.05) is 6.07 Å². The molecule has 2 aromatic carbocycles. The van der Waals surface area contributed by atoms with Gasteiger partial charge < -0.3 is 15.2 Å². The minimum atomic E-state index is -4.53. The molecule has 4 rings (SSSR count). The Kier molecular flexibility index (Phi) is 5.64. The van der Waals surface area contributed by atoms with Crippen molar-refractivity contribution in [2.24, 2.45) is 0 Å². The van der Waals surface area contributed by atoms with E-state index in [9.17, 15) is 27.5 Å². The van der Waals surface area contributed by atoms with Crippen LogP contribution >= 0.6 is 0 Å². The lowest BCUT2D eigenvalue weighted by Crippen LogP contribution is -2.25. The van der Waals surface area contributed by atoms with Crippen LogP contribution in [0.15, 0.2) is 42.5 Å². The van der Waals surface area contributed by atoms with E-state index < -0.39 is 31.1 Å². The van der Waals surface area contributed by atoms with E-state index in [0.717, 1.165) is 0 Å². The zero-order valence-corrected chi connectivity index (χ0v) is 16.9. The number of carbonyl (C=O) groups is 1. The Morgan fingerprint density at radius 2 is 1.88 bits per heavy atom. The van der Waals surface area contributed by atoms with Crippen LogP contribution in [-0.2, 0) is 11.3 Å². The van der Waals surface area contributed by atoms with Gasteiger partial charge in [0, 0.05) is 11.1 Å². The monoisotopic (exact) mass is 449 g/mol. The number of nitrogens with one attached hydrogen (secondary N) is 1. The molecule has 0 saturated heterocycles. The number of fused-ring (bicyclic) bond motifs is 1. The first kappa shape index (κ1) is 21.8. The predicted molar refractivity (Wildman–Crippen MR) is 109 cm³/mol. The summed E-state index contributed by atoms with van der Waals surface area (Å²) in [5, 5.41) is 17.1. The molecule has 6 nitrogen and oxygen atoms in total. The van der Waals surface area contributed by atoms with Crippen LogP contribution in [0.25, 0.3) is 22.4 Å². The van der Waals surface area contributed by atoms with Gasteiger partial charge in [0.25, 0.3) is 5.91 Å². The summed E-state index contributed by atoms with van der Waals surface area (Å²) in [5.41, 5.74) is 3.09. The van der Waals surface area contributed by atoms with Crippen LogP contribution in [0.1, 0.15) is 12.1 Å². The van der Waals surface area contributed by atoms with E-state index in [2.05, 4.69) is 10.4 Å². The number of nitrogens with zero attached hydrogens (tertiary/aromatic N) is 2. The molecule has 1 unspecified atom stereocenters. The number of halogens is 4. The third-order valence-corrected chi connectivity index (χ3v) is 5.00. The summed E-state index contributed by atoms with van der Waals surface area (Å²) in [5.74, 6) is -0.290. The molecule has 1 aliphatic rings. The molecule has 0 bridgehead atoms. The Morgan fingerprint density at radius 1 is 1.19 bits per heavy atom. The van der Waals surface area contributed by atoms with Crippen LogP contribution in [0, 0.1) is 12.7 Å². The molecule has 2 heterocycles. The van der Waals surface area contributed by atoms with E-state index in [1.54, 1.807) is 25.1 Å². The smallest absolute Gasteiger partial charge is 0.391 e. The number of aromatic nitrogens is 2. The minimum Gasteiger partial charge on any atom is -0.482 e. The fourth-order valence-electron chi connectivity index (χ4n) is 3.73. The quantitative estimate of drug-likeness (QED) is 0.570. The lowest BCUT2D eigenvalue weighted by atomic mass is 9.98. The van der Waals surface area contributed by atoms with Crippen molar-refractivity contribution in [3.05, 3.63) is 54.0 Å². The average molecular weight is 449 g/mol. The van der Waals surface area contributed by atoms with E-state index in [4.69, 9.17) is 4.74 Å². The molecular formula is C22H19F4N3O3. The highest BCUT2D eigenvalue weighted by Crippen LogP contribution is 2.39. The SMILES string of the molecule is Cc1nn(CC(O)CC(F)(F)F)c(-c2ccc(F)cc2)c1-c1ccc2c(c1)NC(=O)CO2. The molecule has 1 amide bonds. The Bertz CT molecular complexity index is 1160. The van der Waals surface area contributed by atoms with E-state index in [1.807, 2.05) is 0 Å². The molecule has 168 valence electrons. The number of anilines is 1. The molecule has 0 saturated carbocycles. The molecule has 32 heavy (non-hydrogen) atoms. The molecule has 0 spiro atoms. The molecule has 1 atom stereocenters. The summed E-state index contributed by atoms with van der Waals surface area (Å²) in [6.45, 7) is 1.18. The summed E-state index contributed by atoms with van der Waals surface area (Å²) in [6.07, 6.45) is -7.62. The van der Waals surface area contributed by atoms with E-state index in [-0.39, 0.29) is 12.5 Å². The second kappa shape index (κ2) is 8.27. The minimum absolute atomic E-state index is 0.0960. The zero-order valence-electron chi connectivity index (χ0n) is 16.9. The highest BCUT2D eigenvalue weighted by molar-refractivity contribution is 5.97. The van der Waals surface area contributed by atoms with Crippen molar-refractivity contribution in [2.75, 3.05) is 11.9 Å². The van der Waals surface area contributed by atoms with Gasteiger partial charge in [0.2, 0.25) is 0 Å². The topological polar surface area (TPSA) is 76.4 Å². The van der Waals surface area contributed by atoms with Gasteiger partial charge in [0.05, 0.1) is 36.1 Å². The first-order valence-corrected chi connectivity index (χ1v) is 9.76. The first-order valence-electron chi connectivity index (χ1n) is 9.76. The van der Waals surface area contributed by atoms with E-state index in [0.29, 0.717) is 39.5 Å². The Labute approximate surface area is 180 Å². The standard InChI is InChI=1S/C22H19F4N3O3/c1-12-20(14-4-7-18-17(8-14)27-19(31)11-32-18)21(13-2-5-15(23)6-3-13)29(28-12)10-16(30)9-22(24,25)26/h2-8,16,30H,9-11H2,1H3,(H,27,31). The highest BCUT2D eigenvalue weighted by atomic mass is 19.4. The van der Waals surface area contributed by atoms with Gasteiger partial charge in [0.15, 0.2) is 6.61 Å². The molecule has 1 aromatic heterocycles. The lowest BCUT2D eigenvalue weighted by molar-refractivity contribution is -0.154. The molecule has 2 N–H and O–H groups in total. The molecular weight excluding hydrogens is 430 g/mol. The van der Waals surface area contributed by atoms with Crippen molar-refractivity contribution in [2.45, 2.75) is 32.2 Å². The summed E-state index contributed by atoms with van der Waals surface area (Å²) < 4.78 is 58.4. The Morgan fingerprint density at radius 3 is 2.56 bits per heavy atom. The number of aliphatic hydroxyl groups excluding tert-OH is 1. The fourth-order valence-corrected chi connectivity index (χ4v) is 3.73. The van der Waals surface area contributed by atoms with Crippen molar-refractivity contribution in [1.82, 2.24) is 9.78 Å². The Balaban J connectivity index is 1.82. The largest absolute Gasteiger partial charge is 0.482 e. The number of carbonyl (C=O) groups excluding carboxylic acids is 1. The van der Waals surface area contributed by atoms with Gasteiger partial charge in [-0.25, -0.2) is 4.39 Å². The summed E-state index contributed by atoms with van der Waals surface area (Å²) in [7, 11) is 0. The maximum atomic E-state index is 13.5. The third kappa shape index (κ3) is 4.59. The maximum absolute atomic E-state index is 13.5. The average Bonchev–Trinajstić information content (AvgIpc) is 3.02. The lowest BCUT2D eigenvalue weighted by Gasteiger charge is -2.19. The van der Waals surface area contributed by atoms with Crippen LogP contribution in [-0.4, -0.2) is 39.7 Å².